The Labute approximate surface area is 119 Å². The van der Waals surface area contributed by atoms with Crippen molar-refractivity contribution in [3.63, 3.8) is 0 Å². The predicted molar refractivity (Wildman–Crippen MR) is 76.1 cm³/mol. The van der Waals surface area contributed by atoms with Gasteiger partial charge in [0.25, 0.3) is 0 Å². The van der Waals surface area contributed by atoms with Gasteiger partial charge in [0.05, 0.1) is 5.56 Å². The molecule has 0 unspecified atom stereocenters. The van der Waals surface area contributed by atoms with Gasteiger partial charge in [0, 0.05) is 4.88 Å². The maximum atomic E-state index is 13.6. The van der Waals surface area contributed by atoms with Crippen molar-refractivity contribution >= 4 is 29.3 Å². The molecule has 0 spiro atoms. The largest absolute Gasteiger partial charge is 0.402 e. The molecule has 0 atom stereocenters. The van der Waals surface area contributed by atoms with E-state index < -0.39 is 11.8 Å². The first-order chi connectivity index (χ1) is 9.65. The molecular weight excluding hydrogens is 277 g/mol. The maximum Gasteiger partial charge on any atom is 0.363 e. The molecule has 1 aromatic carbocycles. The fourth-order valence-corrected chi connectivity index (χ4v) is 2.67. The first-order valence-electron chi connectivity index (χ1n) is 5.97. The second kappa shape index (κ2) is 5.02. The number of halogens is 1. The lowest BCUT2D eigenvalue weighted by Gasteiger charge is -1.99. The molecule has 0 saturated carbocycles. The highest BCUT2D eigenvalue weighted by Gasteiger charge is 2.26. The van der Waals surface area contributed by atoms with Crippen molar-refractivity contribution in [1.82, 2.24) is 0 Å². The van der Waals surface area contributed by atoms with E-state index in [0.29, 0.717) is 0 Å². The number of carbonyl (C=O) groups is 1. The van der Waals surface area contributed by atoms with Crippen molar-refractivity contribution in [2.24, 2.45) is 4.99 Å². The van der Waals surface area contributed by atoms with Gasteiger partial charge in [-0.3, -0.25) is 0 Å². The number of rotatable bonds is 2. The summed E-state index contributed by atoms with van der Waals surface area (Å²) in [4.78, 5) is 16.8. The SMILES string of the molecule is Cc1ccsc1/C=C1\N=C(c2ccccc2F)OC1=O. The minimum atomic E-state index is -0.559. The Hall–Kier alpha value is -2.27. The summed E-state index contributed by atoms with van der Waals surface area (Å²) in [5, 5.41) is 1.93. The molecule has 2 aromatic rings. The number of carbonyl (C=O) groups excluding carboxylic acids is 1. The number of thiophene rings is 1. The van der Waals surface area contributed by atoms with Crippen LogP contribution in [0.15, 0.2) is 46.4 Å². The molecule has 1 aromatic heterocycles. The monoisotopic (exact) mass is 287 g/mol. The number of esters is 1. The standard InChI is InChI=1S/C15H10FNO2S/c1-9-6-7-20-13(9)8-12-15(18)19-14(17-12)10-4-2-3-5-11(10)16/h2-8H,1H3/b12-8-. The summed E-state index contributed by atoms with van der Waals surface area (Å²) in [6, 6.07) is 8.03. The highest BCUT2D eigenvalue weighted by atomic mass is 32.1. The lowest BCUT2D eigenvalue weighted by atomic mass is 10.2. The summed E-state index contributed by atoms with van der Waals surface area (Å²) in [6.07, 6.45) is 1.66. The highest BCUT2D eigenvalue weighted by Crippen LogP contribution is 2.24. The Morgan fingerprint density at radius 1 is 1.30 bits per heavy atom. The molecule has 0 amide bonds. The molecule has 20 heavy (non-hydrogen) atoms. The summed E-state index contributed by atoms with van der Waals surface area (Å²) < 4.78 is 18.7. The molecule has 3 rings (SSSR count). The van der Waals surface area contributed by atoms with Crippen molar-refractivity contribution in [3.8, 4) is 0 Å². The summed E-state index contributed by atoms with van der Waals surface area (Å²) >= 11 is 1.51. The average Bonchev–Trinajstić information content (AvgIpc) is 2.98. The van der Waals surface area contributed by atoms with Crippen LogP contribution in [0.3, 0.4) is 0 Å². The minimum absolute atomic E-state index is 0.00793. The van der Waals surface area contributed by atoms with Gasteiger partial charge in [0.2, 0.25) is 5.90 Å². The van der Waals surface area contributed by atoms with Gasteiger partial charge in [-0.25, -0.2) is 14.2 Å². The van der Waals surface area contributed by atoms with Crippen LogP contribution in [0, 0.1) is 12.7 Å². The Bertz CT molecular complexity index is 746. The number of ether oxygens (including phenoxy) is 1. The van der Waals surface area contributed by atoms with Gasteiger partial charge in [-0.15, -0.1) is 11.3 Å². The third kappa shape index (κ3) is 2.28. The Morgan fingerprint density at radius 3 is 2.80 bits per heavy atom. The van der Waals surface area contributed by atoms with Crippen LogP contribution in [-0.2, 0) is 9.53 Å². The highest BCUT2D eigenvalue weighted by molar-refractivity contribution is 7.11. The fourth-order valence-electron chi connectivity index (χ4n) is 1.82. The molecule has 100 valence electrons. The number of hydrogen-bond donors (Lipinski definition) is 0. The number of aliphatic imine (C=N–C) groups is 1. The molecule has 0 N–H and O–H groups in total. The molecule has 1 aliphatic heterocycles. The van der Waals surface area contributed by atoms with Crippen LogP contribution in [0.1, 0.15) is 16.0 Å². The van der Waals surface area contributed by atoms with Crippen molar-refractivity contribution in [2.75, 3.05) is 0 Å². The second-order valence-corrected chi connectivity index (χ2v) is 5.23. The van der Waals surface area contributed by atoms with E-state index in [2.05, 4.69) is 4.99 Å². The smallest absolute Gasteiger partial charge is 0.363 e. The molecule has 0 bridgehead atoms. The van der Waals surface area contributed by atoms with Gasteiger partial charge in [-0.2, -0.15) is 0 Å². The second-order valence-electron chi connectivity index (χ2n) is 4.28. The number of benzene rings is 1. The van der Waals surface area contributed by atoms with Gasteiger partial charge in [-0.05, 0) is 42.1 Å². The van der Waals surface area contributed by atoms with Crippen LogP contribution in [0.2, 0.25) is 0 Å². The van der Waals surface area contributed by atoms with Crippen LogP contribution in [0.25, 0.3) is 6.08 Å². The number of nitrogens with zero attached hydrogens (tertiary/aromatic N) is 1. The number of aryl methyl sites for hydroxylation is 1. The molecule has 2 heterocycles. The molecular formula is C15H10FNO2S. The summed E-state index contributed by atoms with van der Waals surface area (Å²) in [5.41, 5.74) is 1.44. The summed E-state index contributed by atoms with van der Waals surface area (Å²) in [6.45, 7) is 1.95. The van der Waals surface area contributed by atoms with Crippen LogP contribution in [0.5, 0.6) is 0 Å². The quantitative estimate of drug-likeness (QED) is 0.626. The summed E-state index contributed by atoms with van der Waals surface area (Å²) in [5.74, 6) is -1.02. The Kier molecular flexibility index (Phi) is 3.20. The van der Waals surface area contributed by atoms with E-state index >= 15 is 0 Å². The third-order valence-electron chi connectivity index (χ3n) is 2.89. The third-order valence-corrected chi connectivity index (χ3v) is 3.86. The minimum Gasteiger partial charge on any atom is -0.402 e. The normalized spacial score (nSPS) is 16.4. The lowest BCUT2D eigenvalue weighted by Crippen LogP contribution is -2.07. The van der Waals surface area contributed by atoms with Crippen molar-refractivity contribution in [1.29, 1.82) is 0 Å². The molecule has 3 nitrogen and oxygen atoms in total. The molecule has 1 aliphatic rings. The zero-order valence-corrected chi connectivity index (χ0v) is 11.4. The van der Waals surface area contributed by atoms with Crippen molar-refractivity contribution in [2.45, 2.75) is 6.92 Å². The lowest BCUT2D eigenvalue weighted by molar-refractivity contribution is -0.129. The van der Waals surface area contributed by atoms with E-state index in [1.54, 1.807) is 18.2 Å². The van der Waals surface area contributed by atoms with Gasteiger partial charge in [-0.1, -0.05) is 12.1 Å². The van der Waals surface area contributed by atoms with E-state index in [4.69, 9.17) is 4.74 Å². The molecule has 0 aliphatic carbocycles. The van der Waals surface area contributed by atoms with Gasteiger partial charge >= 0.3 is 5.97 Å². The van der Waals surface area contributed by atoms with E-state index in [9.17, 15) is 9.18 Å². The first-order valence-corrected chi connectivity index (χ1v) is 6.84. The van der Waals surface area contributed by atoms with Crippen molar-refractivity contribution < 1.29 is 13.9 Å². The Balaban J connectivity index is 2.00. The number of hydrogen-bond acceptors (Lipinski definition) is 4. The van der Waals surface area contributed by atoms with Crippen LogP contribution < -0.4 is 0 Å². The van der Waals surface area contributed by atoms with Crippen LogP contribution in [0.4, 0.5) is 4.39 Å². The first kappa shape index (κ1) is 12.7. The van der Waals surface area contributed by atoms with Gasteiger partial charge in [0.15, 0.2) is 5.70 Å². The number of cyclic esters (lactones) is 1. The predicted octanol–water partition coefficient (Wildman–Crippen LogP) is 3.54. The topological polar surface area (TPSA) is 38.7 Å². The van der Waals surface area contributed by atoms with Crippen LogP contribution in [-0.4, -0.2) is 11.9 Å². The van der Waals surface area contributed by atoms with Crippen molar-refractivity contribution in [3.05, 3.63) is 63.2 Å². The molecule has 5 heteroatoms. The maximum absolute atomic E-state index is 13.6. The fraction of sp³-hybridized carbons (Fsp3) is 0.0667. The van der Waals surface area contributed by atoms with Gasteiger partial charge < -0.3 is 4.74 Å². The van der Waals surface area contributed by atoms with E-state index in [1.807, 2.05) is 18.4 Å². The zero-order chi connectivity index (χ0) is 14.1. The Morgan fingerprint density at radius 2 is 2.10 bits per heavy atom. The van der Waals surface area contributed by atoms with E-state index in [0.717, 1.165) is 10.4 Å². The molecule has 0 fully saturated rings. The summed E-state index contributed by atoms with van der Waals surface area (Å²) in [7, 11) is 0. The average molecular weight is 287 g/mol. The van der Waals surface area contributed by atoms with E-state index in [-0.39, 0.29) is 17.2 Å². The van der Waals surface area contributed by atoms with Gasteiger partial charge in [0.1, 0.15) is 5.82 Å². The molecule has 0 radical (unpaired) electrons. The molecule has 0 saturated heterocycles. The van der Waals surface area contributed by atoms with Crippen LogP contribution >= 0.6 is 11.3 Å². The van der Waals surface area contributed by atoms with E-state index in [1.165, 1.54) is 23.5 Å². The zero-order valence-electron chi connectivity index (χ0n) is 10.6.